The molecule has 0 saturated carbocycles. The summed E-state index contributed by atoms with van der Waals surface area (Å²) < 4.78 is 10.8. The summed E-state index contributed by atoms with van der Waals surface area (Å²) in [7, 11) is 0. The van der Waals surface area contributed by atoms with Crippen molar-refractivity contribution in [2.75, 3.05) is 0 Å². The van der Waals surface area contributed by atoms with Crippen molar-refractivity contribution in [2.24, 2.45) is 0 Å². The van der Waals surface area contributed by atoms with Crippen LogP contribution < -0.4 is 24.1 Å². The zero-order chi connectivity index (χ0) is 21.8. The van der Waals surface area contributed by atoms with Crippen LogP contribution in [0, 0.1) is 6.92 Å². The molecular formula is C28H24BNOTe. The Morgan fingerprint density at radius 1 is 0.594 bits per heavy atom. The second-order valence-corrected chi connectivity index (χ2v) is 10.7. The van der Waals surface area contributed by atoms with E-state index in [1.807, 2.05) is 0 Å². The summed E-state index contributed by atoms with van der Waals surface area (Å²) in [6.45, 7) is 2.16. The van der Waals surface area contributed by atoms with E-state index in [1.165, 1.54) is 31.2 Å². The van der Waals surface area contributed by atoms with Gasteiger partial charge in [0.1, 0.15) is 0 Å². The van der Waals surface area contributed by atoms with E-state index in [9.17, 15) is 0 Å². The number of rotatable bonds is 6. The quantitative estimate of drug-likeness (QED) is 0.309. The van der Waals surface area contributed by atoms with Crippen LogP contribution in [0.4, 0.5) is 0 Å². The number of aryl methyl sites for hydroxylation is 1. The van der Waals surface area contributed by atoms with E-state index in [-0.39, 0.29) is 0 Å². The van der Waals surface area contributed by atoms with Crippen LogP contribution in [0.2, 0.25) is 0 Å². The standard InChI is InChI=1S/C28H24BNOTe/c1-23-22-28(24-14-6-2-7-15-24)32-30(23)31-29(25-16-8-3-9-17-25,26-18-10-4-11-19-26)27-20-12-5-13-21-27/h2-22H,1H3. The van der Waals surface area contributed by atoms with Gasteiger partial charge in [0.05, 0.1) is 0 Å². The van der Waals surface area contributed by atoms with Gasteiger partial charge < -0.3 is 0 Å². The van der Waals surface area contributed by atoms with E-state index in [4.69, 9.17) is 4.76 Å². The van der Waals surface area contributed by atoms with Gasteiger partial charge in [-0.15, -0.1) is 0 Å². The van der Waals surface area contributed by atoms with Crippen molar-refractivity contribution in [1.29, 1.82) is 0 Å². The number of hydrogen-bond donors (Lipinski definition) is 0. The maximum absolute atomic E-state index is 7.19. The molecule has 4 heteroatoms. The predicted molar refractivity (Wildman–Crippen MR) is 134 cm³/mol. The molecule has 0 saturated heterocycles. The second-order valence-electron chi connectivity index (χ2n) is 7.99. The van der Waals surface area contributed by atoms with Gasteiger partial charge >= 0.3 is 200 Å². The maximum atomic E-state index is 7.19. The minimum absolute atomic E-state index is 0.720. The molecule has 1 aromatic heterocycles. The third-order valence-corrected chi connectivity index (χ3v) is 9.04. The Hall–Kier alpha value is -3.06. The summed E-state index contributed by atoms with van der Waals surface area (Å²) in [6, 6.07) is 44.9. The van der Waals surface area contributed by atoms with Gasteiger partial charge in [-0.2, -0.15) is 0 Å². The second kappa shape index (κ2) is 9.21. The average Bonchev–Trinajstić information content (AvgIpc) is 3.24. The Bertz CT molecular complexity index is 1190. The number of benzene rings is 4. The topological polar surface area (TPSA) is 13.1 Å². The van der Waals surface area contributed by atoms with Crippen molar-refractivity contribution in [3.05, 3.63) is 133 Å². The first-order valence-electron chi connectivity index (χ1n) is 10.9. The fraction of sp³-hybridized carbons (Fsp3) is 0.0357. The summed E-state index contributed by atoms with van der Waals surface area (Å²) in [5.74, 6) is 0. The minimum atomic E-state index is -1.65. The van der Waals surface area contributed by atoms with Crippen LogP contribution in [0.3, 0.4) is 0 Å². The van der Waals surface area contributed by atoms with Crippen molar-refractivity contribution in [3.8, 4) is 9.14 Å². The van der Waals surface area contributed by atoms with E-state index >= 15 is 0 Å². The molecule has 0 aliphatic rings. The van der Waals surface area contributed by atoms with Crippen LogP contribution in [0.5, 0.6) is 0 Å². The first-order valence-corrected chi connectivity index (χ1v) is 13.1. The molecule has 4 aromatic carbocycles. The first-order chi connectivity index (χ1) is 15.8. The van der Waals surface area contributed by atoms with Crippen molar-refractivity contribution in [2.45, 2.75) is 6.92 Å². The van der Waals surface area contributed by atoms with Gasteiger partial charge in [0, 0.05) is 0 Å². The van der Waals surface area contributed by atoms with Gasteiger partial charge in [-0.3, -0.25) is 0 Å². The summed E-state index contributed by atoms with van der Waals surface area (Å²) in [4.78, 5) is 0. The molecule has 0 amide bonds. The Morgan fingerprint density at radius 3 is 1.44 bits per heavy atom. The summed E-state index contributed by atoms with van der Waals surface area (Å²) in [5.41, 5.74) is 5.99. The van der Waals surface area contributed by atoms with Crippen LogP contribution in [0.25, 0.3) is 9.14 Å². The first kappa shape index (κ1) is 20.8. The molecule has 5 aromatic rings. The predicted octanol–water partition coefficient (Wildman–Crippen LogP) is 3.10. The van der Waals surface area contributed by atoms with Crippen LogP contribution in [0.15, 0.2) is 127 Å². The summed E-state index contributed by atoms with van der Waals surface area (Å²) in [6.07, 6.45) is -1.65. The molecule has 0 N–H and O–H groups in total. The monoisotopic (exact) mass is 531 g/mol. The van der Waals surface area contributed by atoms with Crippen LogP contribution in [-0.4, -0.2) is 27.1 Å². The normalized spacial score (nSPS) is 11.3. The van der Waals surface area contributed by atoms with Crippen molar-refractivity contribution in [1.82, 2.24) is 0 Å². The molecule has 156 valence electrons. The number of nitrogens with zero attached hydrogens (tertiary/aromatic N) is 1. The Balaban J connectivity index is 1.72. The van der Waals surface area contributed by atoms with E-state index in [0.29, 0.717) is 0 Å². The molecule has 0 atom stereocenters. The van der Waals surface area contributed by atoms with E-state index in [2.05, 4.69) is 137 Å². The molecule has 0 aliphatic carbocycles. The average molecular weight is 529 g/mol. The molecule has 0 fully saturated rings. The van der Waals surface area contributed by atoms with Gasteiger partial charge in [-0.25, -0.2) is 0 Å². The fourth-order valence-electron chi connectivity index (χ4n) is 4.35. The SMILES string of the molecule is Cc1cc(-c2ccccc2)[te][n+]1O[B-](c1ccccc1)(c1ccccc1)c1ccccc1. The van der Waals surface area contributed by atoms with Gasteiger partial charge in [0.25, 0.3) is 0 Å². The zero-order valence-electron chi connectivity index (χ0n) is 18.0. The third kappa shape index (κ3) is 3.93. The molecule has 1 heterocycles. The van der Waals surface area contributed by atoms with Crippen molar-refractivity contribution in [3.63, 3.8) is 0 Å². The van der Waals surface area contributed by atoms with Gasteiger partial charge in [0.2, 0.25) is 0 Å². The molecule has 2 nitrogen and oxygen atoms in total. The molecule has 0 bridgehead atoms. The zero-order valence-corrected chi connectivity index (χ0v) is 20.3. The van der Waals surface area contributed by atoms with Crippen LogP contribution in [-0.2, 0) is 0 Å². The summed E-state index contributed by atoms with van der Waals surface area (Å²) >= 11 is -0.720. The Morgan fingerprint density at radius 2 is 1.00 bits per heavy atom. The Labute approximate surface area is 199 Å². The third-order valence-electron chi connectivity index (χ3n) is 5.93. The molecule has 32 heavy (non-hydrogen) atoms. The summed E-state index contributed by atoms with van der Waals surface area (Å²) in [5, 5.41) is 0. The molecule has 0 radical (unpaired) electrons. The van der Waals surface area contributed by atoms with E-state index in [1.54, 1.807) is 0 Å². The van der Waals surface area contributed by atoms with E-state index < -0.39 is 27.1 Å². The molecule has 0 spiro atoms. The van der Waals surface area contributed by atoms with Gasteiger partial charge in [-0.1, -0.05) is 0 Å². The molecule has 5 rings (SSSR count). The van der Waals surface area contributed by atoms with Gasteiger partial charge in [-0.05, 0) is 0 Å². The molecular weight excluding hydrogens is 505 g/mol. The van der Waals surface area contributed by atoms with Crippen LogP contribution >= 0.6 is 0 Å². The van der Waals surface area contributed by atoms with Crippen molar-refractivity contribution < 1.29 is 7.71 Å². The molecule has 0 aliphatic heterocycles. The Kier molecular flexibility index (Phi) is 5.99. The number of aromatic nitrogens is 1. The van der Waals surface area contributed by atoms with Crippen molar-refractivity contribution >= 4 is 43.5 Å². The van der Waals surface area contributed by atoms with Crippen LogP contribution in [0.1, 0.15) is 5.69 Å². The molecule has 0 unspecified atom stereocenters. The number of hydrogen-bond acceptors (Lipinski definition) is 1. The van der Waals surface area contributed by atoms with Gasteiger partial charge in [0.15, 0.2) is 0 Å². The van der Waals surface area contributed by atoms with E-state index in [0.717, 1.165) is 0 Å². The fourth-order valence-corrected chi connectivity index (χ4v) is 7.24.